The van der Waals surface area contributed by atoms with Crippen LogP contribution >= 0.6 is 0 Å². The average molecular weight is 249 g/mol. The van der Waals surface area contributed by atoms with Crippen molar-refractivity contribution in [2.75, 3.05) is 0 Å². The maximum atomic E-state index is 11.4. The molecule has 0 N–H and O–H groups in total. The number of hydrogen-bond acceptors (Lipinski definition) is 2. The molecule has 0 aromatic heterocycles. The Balaban J connectivity index is 4.43. The number of rotatable bonds is 8. The van der Waals surface area contributed by atoms with Crippen LogP contribution in [-0.4, -0.2) is 12.0 Å². The molecule has 0 saturated carbocycles. The number of nitrogens with zero attached hydrogens (tertiary/aromatic N) is 1. The number of carbonyl (C=O) groups is 1. The van der Waals surface area contributed by atoms with Crippen LogP contribution in [0.25, 0.3) is 0 Å². The highest BCUT2D eigenvalue weighted by atomic mass is 16.1. The first kappa shape index (κ1) is 16.8. The monoisotopic (exact) mass is 249 g/mol. The first-order valence-corrected chi connectivity index (χ1v) is 6.71. The summed E-state index contributed by atoms with van der Waals surface area (Å²) in [5.74, 6) is 0.177. The second-order valence-corrected chi connectivity index (χ2v) is 5.41. The van der Waals surface area contributed by atoms with Crippen LogP contribution < -0.4 is 0 Å². The molecule has 0 fully saturated rings. The molecule has 0 aliphatic carbocycles. The van der Waals surface area contributed by atoms with Gasteiger partial charge in [0, 0.05) is 23.7 Å². The second kappa shape index (κ2) is 8.02. The maximum absolute atomic E-state index is 11.4. The summed E-state index contributed by atoms with van der Waals surface area (Å²) in [6.45, 7) is 13.6. The summed E-state index contributed by atoms with van der Waals surface area (Å²) in [4.78, 5) is 15.8. The molecule has 0 rings (SSSR count). The van der Waals surface area contributed by atoms with Gasteiger partial charge >= 0.3 is 0 Å². The van der Waals surface area contributed by atoms with Gasteiger partial charge < -0.3 is 0 Å². The van der Waals surface area contributed by atoms with E-state index in [4.69, 9.17) is 0 Å². The number of hydrogen-bond donors (Lipinski definition) is 0. The number of carbonyl (C=O) groups excluding carboxylic acids is 1. The Bertz CT molecular complexity index is 348. The third-order valence-corrected chi connectivity index (χ3v) is 3.20. The molecule has 0 atom stereocenters. The van der Waals surface area contributed by atoms with Gasteiger partial charge in [0.1, 0.15) is 5.78 Å². The molecule has 0 spiro atoms. The minimum Gasteiger partial charge on any atom is -0.299 e. The molecule has 0 aliphatic heterocycles. The number of unbranched alkanes of at least 4 members (excludes halogenated alkanes) is 1. The minimum atomic E-state index is -0.367. The summed E-state index contributed by atoms with van der Waals surface area (Å²) in [7, 11) is 0. The van der Waals surface area contributed by atoms with Crippen molar-refractivity contribution in [2.45, 2.75) is 60.3 Å². The van der Waals surface area contributed by atoms with E-state index in [1.54, 1.807) is 6.92 Å². The predicted molar refractivity (Wildman–Crippen MR) is 80.0 cm³/mol. The molecule has 0 saturated heterocycles. The Morgan fingerprint density at radius 1 is 1.39 bits per heavy atom. The molecule has 2 nitrogen and oxygen atoms in total. The average Bonchev–Trinajstić information content (AvgIpc) is 2.28. The zero-order valence-electron chi connectivity index (χ0n) is 12.5. The zero-order chi connectivity index (χ0) is 14.2. The number of ketones is 1. The molecular formula is C16H27NO. The summed E-state index contributed by atoms with van der Waals surface area (Å²) in [5, 5.41) is 0. The number of allylic oxidation sites excluding steroid dienone is 3. The van der Waals surface area contributed by atoms with E-state index in [0.717, 1.165) is 12.1 Å². The van der Waals surface area contributed by atoms with Crippen LogP contribution in [0.5, 0.6) is 0 Å². The molecule has 2 heteroatoms. The van der Waals surface area contributed by atoms with Gasteiger partial charge in [-0.05, 0) is 32.3 Å². The van der Waals surface area contributed by atoms with Gasteiger partial charge in [0.2, 0.25) is 0 Å². The van der Waals surface area contributed by atoms with Gasteiger partial charge in [-0.2, -0.15) is 0 Å². The second-order valence-electron chi connectivity index (χ2n) is 5.41. The van der Waals surface area contributed by atoms with Crippen molar-refractivity contribution in [3.63, 3.8) is 0 Å². The lowest BCUT2D eigenvalue weighted by atomic mass is 9.84. The van der Waals surface area contributed by atoms with E-state index in [-0.39, 0.29) is 11.2 Å². The van der Waals surface area contributed by atoms with Crippen molar-refractivity contribution in [1.82, 2.24) is 0 Å². The van der Waals surface area contributed by atoms with Gasteiger partial charge in [0.25, 0.3) is 0 Å². The van der Waals surface area contributed by atoms with Crippen LogP contribution in [0, 0.1) is 5.41 Å². The highest BCUT2D eigenvalue weighted by Crippen LogP contribution is 2.25. The highest BCUT2D eigenvalue weighted by molar-refractivity contribution is 5.82. The quantitative estimate of drug-likeness (QED) is 0.573. The minimum absolute atomic E-state index is 0.177. The predicted octanol–water partition coefficient (Wildman–Crippen LogP) is 4.71. The van der Waals surface area contributed by atoms with Gasteiger partial charge in [-0.15, -0.1) is 0 Å². The Hall–Kier alpha value is -1.18. The lowest BCUT2D eigenvalue weighted by Gasteiger charge is -2.20. The zero-order valence-corrected chi connectivity index (χ0v) is 12.5. The van der Waals surface area contributed by atoms with Crippen molar-refractivity contribution < 1.29 is 4.79 Å². The van der Waals surface area contributed by atoms with Gasteiger partial charge in [-0.25, -0.2) is 0 Å². The molecule has 0 amide bonds. The Morgan fingerprint density at radius 3 is 2.44 bits per heavy atom. The van der Waals surface area contributed by atoms with Crippen molar-refractivity contribution in [2.24, 2.45) is 10.4 Å². The van der Waals surface area contributed by atoms with Crippen molar-refractivity contribution in [1.29, 1.82) is 0 Å². The summed E-state index contributed by atoms with van der Waals surface area (Å²) in [6, 6.07) is 0. The Morgan fingerprint density at radius 2 is 2.00 bits per heavy atom. The normalized spacial score (nSPS) is 13.1. The maximum Gasteiger partial charge on any atom is 0.135 e. The van der Waals surface area contributed by atoms with E-state index in [2.05, 4.69) is 24.6 Å². The van der Waals surface area contributed by atoms with Crippen LogP contribution in [0.15, 0.2) is 28.9 Å². The van der Waals surface area contributed by atoms with E-state index in [1.807, 2.05) is 27.0 Å². The fraction of sp³-hybridized carbons (Fsp3) is 0.625. The largest absolute Gasteiger partial charge is 0.299 e. The summed E-state index contributed by atoms with van der Waals surface area (Å²) >= 11 is 0. The molecule has 0 unspecified atom stereocenters. The molecule has 102 valence electrons. The summed E-state index contributed by atoms with van der Waals surface area (Å²) in [5.41, 5.74) is 1.64. The standard InChI is InChI=1S/C16H27NO/c1-7-9-10-15(8-2)12-17-13(3)11-16(5,6)14(4)18/h8,12H,3,7,9-11H2,1-2,4-6H3/b15-8-,17-12?. The molecular weight excluding hydrogens is 222 g/mol. The summed E-state index contributed by atoms with van der Waals surface area (Å²) < 4.78 is 0. The fourth-order valence-electron chi connectivity index (χ4n) is 1.52. The fourth-order valence-corrected chi connectivity index (χ4v) is 1.52. The molecule has 0 aromatic rings. The topological polar surface area (TPSA) is 29.4 Å². The van der Waals surface area contributed by atoms with Crippen LogP contribution in [0.3, 0.4) is 0 Å². The highest BCUT2D eigenvalue weighted by Gasteiger charge is 2.24. The SMILES string of the molecule is C=C(CC(C)(C)C(C)=O)N=C/C(=C\C)CCCC. The first-order valence-electron chi connectivity index (χ1n) is 6.71. The van der Waals surface area contributed by atoms with Gasteiger partial charge in [-0.1, -0.05) is 39.8 Å². The summed E-state index contributed by atoms with van der Waals surface area (Å²) in [6.07, 6.45) is 8.00. The molecule has 18 heavy (non-hydrogen) atoms. The Kier molecular flexibility index (Phi) is 7.49. The van der Waals surface area contributed by atoms with E-state index in [9.17, 15) is 4.79 Å². The molecule has 0 aromatic carbocycles. The molecule has 0 heterocycles. The van der Waals surface area contributed by atoms with E-state index < -0.39 is 0 Å². The van der Waals surface area contributed by atoms with Crippen LogP contribution in [0.2, 0.25) is 0 Å². The van der Waals surface area contributed by atoms with Crippen LogP contribution in [0.1, 0.15) is 60.3 Å². The number of Topliss-reactive ketones (excluding diaryl/α,β-unsaturated/α-hetero) is 1. The number of aliphatic imine (C=N–C) groups is 1. The smallest absolute Gasteiger partial charge is 0.135 e. The van der Waals surface area contributed by atoms with Crippen molar-refractivity contribution in [3.8, 4) is 0 Å². The lowest BCUT2D eigenvalue weighted by molar-refractivity contribution is -0.124. The van der Waals surface area contributed by atoms with E-state index >= 15 is 0 Å². The van der Waals surface area contributed by atoms with Gasteiger partial charge in [-0.3, -0.25) is 9.79 Å². The van der Waals surface area contributed by atoms with Crippen LogP contribution in [0.4, 0.5) is 0 Å². The Labute approximate surface area is 112 Å². The third-order valence-electron chi connectivity index (χ3n) is 3.20. The van der Waals surface area contributed by atoms with Crippen LogP contribution in [-0.2, 0) is 4.79 Å². The first-order chi connectivity index (χ1) is 8.33. The van der Waals surface area contributed by atoms with Gasteiger partial charge in [0.15, 0.2) is 0 Å². The molecule has 0 aliphatic rings. The van der Waals surface area contributed by atoms with Crippen molar-refractivity contribution in [3.05, 3.63) is 23.9 Å². The molecule has 0 radical (unpaired) electrons. The van der Waals surface area contributed by atoms with Gasteiger partial charge in [0.05, 0.1) is 0 Å². The van der Waals surface area contributed by atoms with Crippen molar-refractivity contribution >= 4 is 12.0 Å². The lowest BCUT2D eigenvalue weighted by Crippen LogP contribution is -2.21. The van der Waals surface area contributed by atoms with E-state index in [1.165, 1.54) is 18.4 Å². The van der Waals surface area contributed by atoms with E-state index in [0.29, 0.717) is 6.42 Å². The third kappa shape index (κ3) is 6.53. The molecule has 0 bridgehead atoms.